The minimum atomic E-state index is -0.449. The van der Waals surface area contributed by atoms with Crippen molar-refractivity contribution < 1.29 is 4.39 Å². The van der Waals surface area contributed by atoms with Crippen LogP contribution >= 0.6 is 23.2 Å². The summed E-state index contributed by atoms with van der Waals surface area (Å²) in [6, 6.07) is 10.9. The second-order valence-corrected chi connectivity index (χ2v) is 5.63. The zero-order valence-corrected chi connectivity index (χ0v) is 12.9. The lowest BCUT2D eigenvalue weighted by Gasteiger charge is -2.17. The molecule has 0 heterocycles. The van der Waals surface area contributed by atoms with Crippen LogP contribution in [0.3, 0.4) is 0 Å². The molecule has 1 N–H and O–H groups in total. The van der Waals surface area contributed by atoms with E-state index in [9.17, 15) is 4.39 Å². The molecule has 0 aromatic heterocycles. The highest BCUT2D eigenvalue weighted by Gasteiger charge is 2.13. The van der Waals surface area contributed by atoms with Crippen LogP contribution in [0.2, 0.25) is 10.0 Å². The summed E-state index contributed by atoms with van der Waals surface area (Å²) >= 11 is 11.8. The molecule has 1 atom stereocenters. The predicted octanol–water partition coefficient (Wildman–Crippen LogP) is 5.29. The van der Waals surface area contributed by atoms with Crippen molar-refractivity contribution in [3.05, 3.63) is 69.0 Å². The average molecular weight is 312 g/mol. The smallest absolute Gasteiger partial charge is 0.142 e. The second kappa shape index (κ2) is 6.57. The molecule has 0 saturated heterocycles. The highest BCUT2D eigenvalue weighted by Crippen LogP contribution is 2.28. The summed E-state index contributed by atoms with van der Waals surface area (Å²) in [5.74, 6) is -0.449. The van der Waals surface area contributed by atoms with E-state index < -0.39 is 5.82 Å². The van der Waals surface area contributed by atoms with Crippen LogP contribution in [0.15, 0.2) is 36.4 Å². The Kier molecular flexibility index (Phi) is 5.03. The van der Waals surface area contributed by atoms with Gasteiger partial charge >= 0.3 is 0 Å². The molecule has 4 heteroatoms. The molecule has 0 radical (unpaired) electrons. The van der Waals surface area contributed by atoms with Crippen molar-refractivity contribution >= 4 is 23.2 Å². The van der Waals surface area contributed by atoms with Gasteiger partial charge < -0.3 is 5.32 Å². The van der Waals surface area contributed by atoms with E-state index in [-0.39, 0.29) is 11.1 Å². The van der Waals surface area contributed by atoms with Crippen LogP contribution in [-0.2, 0) is 6.54 Å². The van der Waals surface area contributed by atoms with E-state index in [4.69, 9.17) is 23.2 Å². The molecule has 0 aliphatic carbocycles. The molecule has 0 spiro atoms. The summed E-state index contributed by atoms with van der Waals surface area (Å²) in [6.07, 6.45) is 0. The Morgan fingerprint density at radius 3 is 2.55 bits per heavy atom. The minimum Gasteiger partial charge on any atom is -0.306 e. The van der Waals surface area contributed by atoms with Crippen LogP contribution < -0.4 is 5.32 Å². The molecule has 2 aromatic rings. The third kappa shape index (κ3) is 3.51. The first kappa shape index (κ1) is 15.3. The van der Waals surface area contributed by atoms with Gasteiger partial charge in [0.15, 0.2) is 0 Å². The van der Waals surface area contributed by atoms with E-state index >= 15 is 0 Å². The average Bonchev–Trinajstić information content (AvgIpc) is 2.41. The first-order chi connectivity index (χ1) is 9.49. The zero-order valence-electron chi connectivity index (χ0n) is 11.4. The molecule has 0 aliphatic heterocycles. The second-order valence-electron chi connectivity index (χ2n) is 4.82. The lowest BCUT2D eigenvalue weighted by Crippen LogP contribution is -2.19. The van der Waals surface area contributed by atoms with Gasteiger partial charge in [0, 0.05) is 17.6 Å². The standard InChI is InChI=1S/C16H16Cl2FN/c1-10-5-3-4-6-12(10)9-20-11(2)13-7-16(19)15(18)8-14(13)17/h3-8,11,20H,9H2,1-2H3. The molecular formula is C16H16Cl2FN. The molecule has 20 heavy (non-hydrogen) atoms. The first-order valence-corrected chi connectivity index (χ1v) is 7.17. The van der Waals surface area contributed by atoms with Crippen molar-refractivity contribution in [3.8, 4) is 0 Å². The Labute approximate surface area is 128 Å². The van der Waals surface area contributed by atoms with Crippen LogP contribution in [0.25, 0.3) is 0 Å². The fourth-order valence-corrected chi connectivity index (χ4v) is 2.60. The van der Waals surface area contributed by atoms with Crippen LogP contribution in [0.5, 0.6) is 0 Å². The Bertz CT molecular complexity index is 613. The van der Waals surface area contributed by atoms with Gasteiger partial charge in [0.2, 0.25) is 0 Å². The minimum absolute atomic E-state index is 0.0462. The highest BCUT2D eigenvalue weighted by atomic mass is 35.5. The van der Waals surface area contributed by atoms with Gasteiger partial charge in [-0.2, -0.15) is 0 Å². The van der Waals surface area contributed by atoms with Gasteiger partial charge in [-0.1, -0.05) is 47.5 Å². The highest BCUT2D eigenvalue weighted by molar-refractivity contribution is 6.35. The summed E-state index contributed by atoms with van der Waals surface area (Å²) in [5.41, 5.74) is 3.15. The van der Waals surface area contributed by atoms with E-state index in [1.165, 1.54) is 23.3 Å². The van der Waals surface area contributed by atoms with E-state index in [0.717, 1.165) is 0 Å². The Morgan fingerprint density at radius 1 is 1.15 bits per heavy atom. The fraction of sp³-hybridized carbons (Fsp3) is 0.250. The molecule has 2 rings (SSSR count). The SMILES string of the molecule is Cc1ccccc1CNC(C)c1cc(F)c(Cl)cc1Cl. The number of hydrogen-bond acceptors (Lipinski definition) is 1. The lowest BCUT2D eigenvalue weighted by molar-refractivity contribution is 0.564. The maximum Gasteiger partial charge on any atom is 0.142 e. The maximum atomic E-state index is 13.5. The summed E-state index contributed by atoms with van der Waals surface area (Å²) < 4.78 is 13.5. The first-order valence-electron chi connectivity index (χ1n) is 6.41. The normalized spacial score (nSPS) is 12.4. The van der Waals surface area contributed by atoms with Crippen molar-refractivity contribution in [2.75, 3.05) is 0 Å². The number of halogens is 3. The van der Waals surface area contributed by atoms with Crippen molar-refractivity contribution in [1.29, 1.82) is 0 Å². The summed E-state index contributed by atoms with van der Waals surface area (Å²) in [6.45, 7) is 4.72. The fourth-order valence-electron chi connectivity index (χ4n) is 2.05. The molecule has 2 aromatic carbocycles. The van der Waals surface area contributed by atoms with Crippen molar-refractivity contribution in [3.63, 3.8) is 0 Å². The van der Waals surface area contributed by atoms with Gasteiger partial charge in [0.1, 0.15) is 5.82 Å². The van der Waals surface area contributed by atoms with Crippen molar-refractivity contribution in [1.82, 2.24) is 5.32 Å². The van der Waals surface area contributed by atoms with Crippen LogP contribution in [0.1, 0.15) is 29.7 Å². The summed E-state index contributed by atoms with van der Waals surface area (Å²) in [4.78, 5) is 0. The van der Waals surface area contributed by atoms with Gasteiger partial charge in [0.25, 0.3) is 0 Å². The predicted molar refractivity (Wildman–Crippen MR) is 82.9 cm³/mol. The van der Waals surface area contributed by atoms with Crippen LogP contribution in [0.4, 0.5) is 4.39 Å². The molecule has 106 valence electrons. The summed E-state index contributed by atoms with van der Waals surface area (Å²) in [5, 5.41) is 3.87. The Morgan fingerprint density at radius 2 is 1.85 bits per heavy atom. The monoisotopic (exact) mass is 311 g/mol. The molecule has 0 saturated carbocycles. The van der Waals surface area contributed by atoms with Crippen LogP contribution in [0, 0.1) is 12.7 Å². The molecule has 0 bridgehead atoms. The van der Waals surface area contributed by atoms with Gasteiger partial charge in [-0.25, -0.2) is 4.39 Å². The third-order valence-electron chi connectivity index (χ3n) is 3.37. The van der Waals surface area contributed by atoms with Gasteiger partial charge in [-0.15, -0.1) is 0 Å². The number of aryl methyl sites for hydroxylation is 1. The molecule has 0 fully saturated rings. The number of hydrogen-bond donors (Lipinski definition) is 1. The van der Waals surface area contributed by atoms with E-state index in [1.807, 2.05) is 19.1 Å². The Hall–Kier alpha value is -1.09. The number of benzene rings is 2. The summed E-state index contributed by atoms with van der Waals surface area (Å²) in [7, 11) is 0. The van der Waals surface area contributed by atoms with Crippen molar-refractivity contribution in [2.24, 2.45) is 0 Å². The van der Waals surface area contributed by atoms with Gasteiger partial charge in [-0.3, -0.25) is 0 Å². The van der Waals surface area contributed by atoms with E-state index in [0.29, 0.717) is 17.1 Å². The quantitative estimate of drug-likeness (QED) is 0.756. The molecular weight excluding hydrogens is 296 g/mol. The third-order valence-corrected chi connectivity index (χ3v) is 3.98. The van der Waals surface area contributed by atoms with Crippen LogP contribution in [-0.4, -0.2) is 0 Å². The van der Waals surface area contributed by atoms with E-state index in [1.54, 1.807) is 0 Å². The molecule has 1 unspecified atom stereocenters. The Balaban J connectivity index is 2.11. The largest absolute Gasteiger partial charge is 0.306 e. The van der Waals surface area contributed by atoms with Gasteiger partial charge in [-0.05, 0) is 42.7 Å². The van der Waals surface area contributed by atoms with Gasteiger partial charge in [0.05, 0.1) is 5.02 Å². The van der Waals surface area contributed by atoms with Crippen molar-refractivity contribution in [2.45, 2.75) is 26.4 Å². The number of nitrogens with one attached hydrogen (secondary N) is 1. The number of rotatable bonds is 4. The van der Waals surface area contributed by atoms with E-state index in [2.05, 4.69) is 24.4 Å². The maximum absolute atomic E-state index is 13.5. The lowest BCUT2D eigenvalue weighted by atomic mass is 10.1. The molecule has 0 aliphatic rings. The zero-order chi connectivity index (χ0) is 14.7. The topological polar surface area (TPSA) is 12.0 Å². The molecule has 1 nitrogen and oxygen atoms in total. The molecule has 0 amide bonds.